The Morgan fingerprint density at radius 1 is 1.14 bits per heavy atom. The van der Waals surface area contributed by atoms with Crippen molar-refractivity contribution in [2.45, 2.75) is 26.9 Å². The molecule has 1 atom stereocenters. The summed E-state index contributed by atoms with van der Waals surface area (Å²) < 4.78 is 7.34. The Balaban J connectivity index is 1.75. The van der Waals surface area contributed by atoms with Gasteiger partial charge in [-0.2, -0.15) is 0 Å². The van der Waals surface area contributed by atoms with E-state index in [4.69, 9.17) is 15.3 Å². The first kappa shape index (κ1) is 20.1. The summed E-state index contributed by atoms with van der Waals surface area (Å²) in [4.78, 5) is 22.0. The van der Waals surface area contributed by atoms with Crippen LogP contribution in [0.5, 0.6) is 5.75 Å². The van der Waals surface area contributed by atoms with Crippen molar-refractivity contribution >= 4 is 11.6 Å². The lowest BCUT2D eigenvalue weighted by molar-refractivity contribution is 0.0503. The molecule has 0 saturated heterocycles. The van der Waals surface area contributed by atoms with E-state index in [1.807, 2.05) is 48.9 Å². The summed E-state index contributed by atoms with van der Waals surface area (Å²) in [5, 5.41) is 3.94. The molecule has 0 saturated carbocycles. The fourth-order valence-electron chi connectivity index (χ4n) is 2.79. The van der Waals surface area contributed by atoms with Gasteiger partial charge < -0.3 is 19.9 Å². The molecule has 2 aromatic carbocycles. The number of aryl methyl sites for hydroxylation is 2. The largest absolute Gasteiger partial charge is 0.495 e. The molecule has 7 heteroatoms. The molecular formula is C22H24N4O3. The van der Waals surface area contributed by atoms with E-state index < -0.39 is 6.10 Å². The molecule has 0 fully saturated rings. The van der Waals surface area contributed by atoms with Crippen LogP contribution < -0.4 is 10.5 Å². The monoisotopic (exact) mass is 392 g/mol. The van der Waals surface area contributed by atoms with Gasteiger partial charge >= 0.3 is 0 Å². The first-order valence-electron chi connectivity index (χ1n) is 9.18. The molecule has 0 spiro atoms. The van der Waals surface area contributed by atoms with E-state index in [1.54, 1.807) is 38.6 Å². The smallest absolute Gasteiger partial charge is 0.205 e. The Morgan fingerprint density at radius 2 is 1.83 bits per heavy atom. The van der Waals surface area contributed by atoms with E-state index >= 15 is 0 Å². The second-order valence-electron chi connectivity index (χ2n) is 6.76. The highest BCUT2D eigenvalue weighted by Crippen LogP contribution is 2.24. The molecule has 3 aromatic rings. The molecule has 1 unspecified atom stereocenters. The van der Waals surface area contributed by atoms with Gasteiger partial charge in [-0.05, 0) is 39.0 Å². The third kappa shape index (κ3) is 4.63. The molecule has 150 valence electrons. The number of carbonyl (C=O) groups is 1. The maximum Gasteiger partial charge on any atom is 0.205 e. The minimum Gasteiger partial charge on any atom is -0.495 e. The lowest BCUT2D eigenvalue weighted by atomic mass is 10.1. The number of rotatable bonds is 7. The van der Waals surface area contributed by atoms with Gasteiger partial charge in [0.2, 0.25) is 5.78 Å². The maximum atomic E-state index is 12.4. The lowest BCUT2D eigenvalue weighted by Gasteiger charge is -2.12. The predicted molar refractivity (Wildman–Crippen MR) is 112 cm³/mol. The van der Waals surface area contributed by atoms with Crippen molar-refractivity contribution in [3.05, 3.63) is 77.4 Å². The van der Waals surface area contributed by atoms with Crippen molar-refractivity contribution in [2.75, 3.05) is 7.11 Å². The SMILES string of the molecule is COc1cc(/C(N)=N/OC(C)C(=O)c2ccc(C)cc2)ccc1-n1cnc(C)c1. The standard InChI is InChI=1S/C22H24N4O3/c1-14-5-7-17(8-6-14)21(27)16(3)29-25-22(23)18-9-10-19(20(11-18)28-4)26-12-15(2)24-13-26/h5-13,16H,1-4H3,(H2,23,25). The van der Waals surface area contributed by atoms with Gasteiger partial charge in [0.15, 0.2) is 11.9 Å². The third-order valence-corrected chi connectivity index (χ3v) is 4.48. The molecule has 0 aliphatic heterocycles. The fraction of sp³-hybridized carbons (Fsp3) is 0.227. The minimum atomic E-state index is -0.758. The van der Waals surface area contributed by atoms with E-state index in [-0.39, 0.29) is 11.6 Å². The first-order chi connectivity index (χ1) is 13.9. The van der Waals surface area contributed by atoms with Crippen LogP contribution in [0.1, 0.15) is 34.1 Å². The number of carbonyl (C=O) groups excluding carboxylic acids is 1. The zero-order valence-corrected chi connectivity index (χ0v) is 16.9. The highest BCUT2D eigenvalue weighted by Gasteiger charge is 2.17. The van der Waals surface area contributed by atoms with Crippen LogP contribution in [0.15, 0.2) is 60.1 Å². The average Bonchev–Trinajstić information content (AvgIpc) is 3.17. The highest BCUT2D eigenvalue weighted by atomic mass is 16.6. The number of oxime groups is 1. The Morgan fingerprint density at radius 3 is 2.45 bits per heavy atom. The zero-order chi connectivity index (χ0) is 21.0. The van der Waals surface area contributed by atoms with Crippen LogP contribution in [0.25, 0.3) is 5.69 Å². The fourth-order valence-corrected chi connectivity index (χ4v) is 2.79. The topological polar surface area (TPSA) is 91.7 Å². The summed E-state index contributed by atoms with van der Waals surface area (Å²) in [6.45, 7) is 5.52. The minimum absolute atomic E-state index is 0.153. The van der Waals surface area contributed by atoms with Gasteiger partial charge in [-0.15, -0.1) is 0 Å². The molecule has 3 rings (SSSR count). The molecule has 0 aliphatic rings. The molecule has 7 nitrogen and oxygen atoms in total. The van der Waals surface area contributed by atoms with Gasteiger partial charge in [0.1, 0.15) is 5.75 Å². The van der Waals surface area contributed by atoms with Gasteiger partial charge in [0.05, 0.1) is 24.8 Å². The number of ether oxygens (including phenoxy) is 1. The first-order valence-corrected chi connectivity index (χ1v) is 9.18. The molecule has 0 radical (unpaired) electrons. The molecule has 2 N–H and O–H groups in total. The van der Waals surface area contributed by atoms with Gasteiger partial charge in [0, 0.05) is 17.3 Å². The van der Waals surface area contributed by atoms with Crippen molar-refractivity contribution in [1.29, 1.82) is 0 Å². The van der Waals surface area contributed by atoms with Crippen LogP contribution in [0.3, 0.4) is 0 Å². The van der Waals surface area contributed by atoms with E-state index in [2.05, 4.69) is 10.1 Å². The second-order valence-corrected chi connectivity index (χ2v) is 6.76. The number of aromatic nitrogens is 2. The summed E-state index contributed by atoms with van der Waals surface area (Å²) in [6, 6.07) is 12.7. The van der Waals surface area contributed by atoms with Crippen molar-refractivity contribution < 1.29 is 14.4 Å². The van der Waals surface area contributed by atoms with Crippen LogP contribution in [-0.2, 0) is 4.84 Å². The Labute approximate surface area is 169 Å². The van der Waals surface area contributed by atoms with Gasteiger partial charge in [0.25, 0.3) is 0 Å². The second kappa shape index (κ2) is 8.60. The van der Waals surface area contributed by atoms with Crippen LogP contribution in [0.4, 0.5) is 0 Å². The quantitative estimate of drug-likeness (QED) is 0.288. The van der Waals surface area contributed by atoms with Crippen molar-refractivity contribution in [1.82, 2.24) is 9.55 Å². The Kier molecular flexibility index (Phi) is 5.97. The van der Waals surface area contributed by atoms with Crippen LogP contribution in [-0.4, -0.2) is 34.4 Å². The van der Waals surface area contributed by atoms with Crippen LogP contribution in [0.2, 0.25) is 0 Å². The number of nitrogens with zero attached hydrogens (tertiary/aromatic N) is 3. The van der Waals surface area contributed by atoms with Crippen molar-refractivity contribution in [3.8, 4) is 11.4 Å². The third-order valence-electron chi connectivity index (χ3n) is 4.48. The number of methoxy groups -OCH3 is 1. The summed E-state index contributed by atoms with van der Waals surface area (Å²) >= 11 is 0. The molecule has 1 heterocycles. The van der Waals surface area contributed by atoms with E-state index in [0.717, 1.165) is 16.9 Å². The summed E-state index contributed by atoms with van der Waals surface area (Å²) in [7, 11) is 1.58. The van der Waals surface area contributed by atoms with Crippen LogP contribution in [0, 0.1) is 13.8 Å². The summed E-state index contributed by atoms with van der Waals surface area (Å²) in [5.74, 6) is 0.604. The van der Waals surface area contributed by atoms with Gasteiger partial charge in [-0.3, -0.25) is 4.79 Å². The van der Waals surface area contributed by atoms with E-state index in [0.29, 0.717) is 16.9 Å². The normalized spacial score (nSPS) is 12.5. The maximum absolute atomic E-state index is 12.4. The summed E-state index contributed by atoms with van der Waals surface area (Å²) in [5.41, 5.74) is 10.1. The van der Waals surface area contributed by atoms with Crippen molar-refractivity contribution in [3.63, 3.8) is 0 Å². The number of Topliss-reactive ketones (excluding diaryl/α,β-unsaturated/α-hetero) is 1. The molecule has 29 heavy (non-hydrogen) atoms. The van der Waals surface area contributed by atoms with Crippen LogP contribution >= 0.6 is 0 Å². The molecule has 0 bridgehead atoms. The van der Waals surface area contributed by atoms with E-state index in [1.165, 1.54) is 0 Å². The number of amidine groups is 1. The number of hydrogen-bond donors (Lipinski definition) is 1. The Hall–Kier alpha value is -3.61. The van der Waals surface area contributed by atoms with Gasteiger partial charge in [-0.1, -0.05) is 35.0 Å². The van der Waals surface area contributed by atoms with Gasteiger partial charge in [-0.25, -0.2) is 4.98 Å². The highest BCUT2D eigenvalue weighted by molar-refractivity contribution is 6.00. The predicted octanol–water partition coefficient (Wildman–Crippen LogP) is 3.41. The number of benzene rings is 2. The van der Waals surface area contributed by atoms with E-state index in [9.17, 15) is 4.79 Å². The number of nitrogens with two attached hydrogens (primary N) is 1. The Bertz CT molecular complexity index is 1040. The number of ketones is 1. The molecule has 0 aliphatic carbocycles. The zero-order valence-electron chi connectivity index (χ0n) is 16.9. The van der Waals surface area contributed by atoms with Crippen molar-refractivity contribution in [2.24, 2.45) is 10.9 Å². The number of hydrogen-bond acceptors (Lipinski definition) is 5. The molecule has 0 amide bonds. The number of imidazole rings is 1. The molecule has 1 aromatic heterocycles. The lowest BCUT2D eigenvalue weighted by Crippen LogP contribution is -2.21. The average molecular weight is 392 g/mol. The molecular weight excluding hydrogens is 368 g/mol. The summed E-state index contributed by atoms with van der Waals surface area (Å²) in [6.07, 6.45) is 2.86.